The Morgan fingerprint density at radius 2 is 1.71 bits per heavy atom. The fourth-order valence-electron chi connectivity index (χ4n) is 1.28. The minimum absolute atomic E-state index is 0.401. The van der Waals surface area contributed by atoms with E-state index in [0.717, 1.165) is 19.3 Å². The van der Waals surface area contributed by atoms with Crippen molar-refractivity contribution in [2.75, 3.05) is 6.26 Å². The Kier molecular flexibility index (Phi) is 3.69. The molecule has 0 saturated heterocycles. The van der Waals surface area contributed by atoms with Gasteiger partial charge in [0.25, 0.3) is 0 Å². The predicted molar refractivity (Wildman–Crippen MR) is 58.2 cm³/mol. The number of aryl methyl sites for hydroxylation is 1. The van der Waals surface area contributed by atoms with Gasteiger partial charge in [-0.15, -0.1) is 0 Å². The minimum atomic E-state index is -3.04. The number of hydrogen-bond donors (Lipinski definition) is 0. The summed E-state index contributed by atoms with van der Waals surface area (Å²) in [4.78, 5) is 0.401. The smallest absolute Gasteiger partial charge is 0.175 e. The maximum Gasteiger partial charge on any atom is 0.175 e. The summed E-state index contributed by atoms with van der Waals surface area (Å²) in [5.74, 6) is 0. The molecule has 0 unspecified atom stereocenters. The number of unbranched alkanes of at least 4 members (excludes halogenated alkanes) is 1. The number of sulfone groups is 1. The van der Waals surface area contributed by atoms with Crippen molar-refractivity contribution in [1.82, 2.24) is 0 Å². The van der Waals surface area contributed by atoms with E-state index >= 15 is 0 Å². The lowest BCUT2D eigenvalue weighted by atomic mass is 10.1. The van der Waals surface area contributed by atoms with Crippen LogP contribution in [0.2, 0.25) is 0 Å². The van der Waals surface area contributed by atoms with E-state index in [0.29, 0.717) is 4.90 Å². The van der Waals surface area contributed by atoms with Gasteiger partial charge in [0.05, 0.1) is 4.90 Å². The van der Waals surface area contributed by atoms with E-state index in [1.54, 1.807) is 12.1 Å². The van der Waals surface area contributed by atoms with Crippen molar-refractivity contribution in [3.63, 3.8) is 0 Å². The van der Waals surface area contributed by atoms with E-state index in [4.69, 9.17) is 0 Å². The van der Waals surface area contributed by atoms with Crippen molar-refractivity contribution in [3.8, 4) is 0 Å². The van der Waals surface area contributed by atoms with Gasteiger partial charge < -0.3 is 0 Å². The summed E-state index contributed by atoms with van der Waals surface area (Å²) in [7, 11) is -3.04. The van der Waals surface area contributed by atoms with Crippen LogP contribution >= 0.6 is 0 Å². The van der Waals surface area contributed by atoms with Gasteiger partial charge in [-0.2, -0.15) is 0 Å². The van der Waals surface area contributed by atoms with Crippen LogP contribution in [0.3, 0.4) is 0 Å². The SMILES string of the molecule is CCCCc1ccc(S(C)(=O)=O)cc1. The van der Waals surface area contributed by atoms with Crippen LogP contribution < -0.4 is 0 Å². The molecule has 0 amide bonds. The number of rotatable bonds is 4. The van der Waals surface area contributed by atoms with Gasteiger partial charge in [0.1, 0.15) is 0 Å². The molecule has 0 aliphatic rings. The lowest BCUT2D eigenvalue weighted by Gasteiger charge is -2.01. The van der Waals surface area contributed by atoms with Crippen molar-refractivity contribution in [1.29, 1.82) is 0 Å². The van der Waals surface area contributed by atoms with Gasteiger partial charge in [0, 0.05) is 6.26 Å². The summed E-state index contributed by atoms with van der Waals surface area (Å²) in [6.07, 6.45) is 4.57. The van der Waals surface area contributed by atoms with Crippen LogP contribution in [-0.2, 0) is 16.3 Å². The van der Waals surface area contributed by atoms with Crippen LogP contribution in [-0.4, -0.2) is 14.7 Å². The molecule has 2 nitrogen and oxygen atoms in total. The summed E-state index contributed by atoms with van der Waals surface area (Å²) in [6, 6.07) is 7.15. The predicted octanol–water partition coefficient (Wildman–Crippen LogP) is 2.43. The molecule has 0 atom stereocenters. The van der Waals surface area contributed by atoms with Crippen molar-refractivity contribution < 1.29 is 8.42 Å². The topological polar surface area (TPSA) is 34.1 Å². The molecular weight excluding hydrogens is 196 g/mol. The highest BCUT2D eigenvalue weighted by Gasteiger charge is 2.05. The second-order valence-corrected chi connectivity index (χ2v) is 5.54. The highest BCUT2D eigenvalue weighted by Crippen LogP contribution is 2.11. The molecule has 0 spiro atoms. The fraction of sp³-hybridized carbons (Fsp3) is 0.455. The van der Waals surface area contributed by atoms with Crippen LogP contribution in [0.5, 0.6) is 0 Å². The molecule has 0 aliphatic heterocycles. The molecule has 1 aromatic rings. The zero-order chi connectivity index (χ0) is 10.6. The third-order valence-electron chi connectivity index (χ3n) is 2.17. The summed E-state index contributed by atoms with van der Waals surface area (Å²) < 4.78 is 22.3. The third kappa shape index (κ3) is 3.14. The second-order valence-electron chi connectivity index (χ2n) is 3.52. The van der Waals surface area contributed by atoms with Crippen LogP contribution in [0.15, 0.2) is 29.2 Å². The van der Waals surface area contributed by atoms with Crippen molar-refractivity contribution in [2.24, 2.45) is 0 Å². The van der Waals surface area contributed by atoms with E-state index in [9.17, 15) is 8.42 Å². The summed E-state index contributed by atoms with van der Waals surface area (Å²) in [5.41, 5.74) is 1.21. The summed E-state index contributed by atoms with van der Waals surface area (Å²) in [5, 5.41) is 0. The largest absolute Gasteiger partial charge is 0.224 e. The van der Waals surface area contributed by atoms with Crippen molar-refractivity contribution >= 4 is 9.84 Å². The van der Waals surface area contributed by atoms with Crippen LogP contribution in [0.4, 0.5) is 0 Å². The molecule has 78 valence electrons. The molecule has 0 saturated carbocycles. The highest BCUT2D eigenvalue weighted by atomic mass is 32.2. The molecule has 0 N–H and O–H groups in total. The highest BCUT2D eigenvalue weighted by molar-refractivity contribution is 7.90. The first-order chi connectivity index (χ1) is 6.54. The van der Waals surface area contributed by atoms with Crippen LogP contribution in [0.25, 0.3) is 0 Å². The van der Waals surface area contributed by atoms with E-state index < -0.39 is 9.84 Å². The van der Waals surface area contributed by atoms with Gasteiger partial charge in [-0.05, 0) is 30.5 Å². The molecular formula is C11H16O2S. The second kappa shape index (κ2) is 4.60. The Morgan fingerprint density at radius 1 is 1.14 bits per heavy atom. The van der Waals surface area contributed by atoms with E-state index in [1.165, 1.54) is 11.8 Å². The number of benzene rings is 1. The Hall–Kier alpha value is -0.830. The Balaban J connectivity index is 2.79. The molecule has 0 heterocycles. The first-order valence-electron chi connectivity index (χ1n) is 4.83. The quantitative estimate of drug-likeness (QED) is 0.768. The van der Waals surface area contributed by atoms with Gasteiger partial charge >= 0.3 is 0 Å². The van der Waals surface area contributed by atoms with Gasteiger partial charge in [-0.25, -0.2) is 8.42 Å². The Morgan fingerprint density at radius 3 is 2.14 bits per heavy atom. The monoisotopic (exact) mass is 212 g/mol. The maximum atomic E-state index is 11.2. The zero-order valence-electron chi connectivity index (χ0n) is 8.66. The first-order valence-corrected chi connectivity index (χ1v) is 6.72. The van der Waals surface area contributed by atoms with Crippen molar-refractivity contribution in [3.05, 3.63) is 29.8 Å². The zero-order valence-corrected chi connectivity index (χ0v) is 9.47. The number of hydrogen-bond acceptors (Lipinski definition) is 2. The van der Waals surface area contributed by atoms with Crippen molar-refractivity contribution in [2.45, 2.75) is 31.1 Å². The van der Waals surface area contributed by atoms with Gasteiger partial charge in [-0.3, -0.25) is 0 Å². The molecule has 0 bridgehead atoms. The molecule has 3 heteroatoms. The van der Waals surface area contributed by atoms with Gasteiger partial charge in [-0.1, -0.05) is 25.5 Å². The summed E-state index contributed by atoms with van der Waals surface area (Å²) in [6.45, 7) is 2.14. The van der Waals surface area contributed by atoms with Gasteiger partial charge in [0.2, 0.25) is 0 Å². The van der Waals surface area contributed by atoms with E-state index in [1.807, 2.05) is 12.1 Å². The minimum Gasteiger partial charge on any atom is -0.224 e. The average molecular weight is 212 g/mol. The standard InChI is InChI=1S/C11H16O2S/c1-3-4-5-10-6-8-11(9-7-10)14(2,12)13/h6-9H,3-5H2,1-2H3. The molecule has 0 aromatic heterocycles. The Labute approximate surface area is 85.9 Å². The maximum absolute atomic E-state index is 11.2. The fourth-order valence-corrected chi connectivity index (χ4v) is 1.91. The average Bonchev–Trinajstić information content (AvgIpc) is 2.14. The lowest BCUT2D eigenvalue weighted by molar-refractivity contribution is 0.602. The Bertz CT molecular complexity index is 376. The normalized spacial score (nSPS) is 11.6. The third-order valence-corrected chi connectivity index (χ3v) is 3.30. The van der Waals surface area contributed by atoms with Crippen LogP contribution in [0.1, 0.15) is 25.3 Å². The molecule has 1 rings (SSSR count). The van der Waals surface area contributed by atoms with E-state index in [2.05, 4.69) is 6.92 Å². The molecule has 0 radical (unpaired) electrons. The molecule has 1 aromatic carbocycles. The van der Waals surface area contributed by atoms with E-state index in [-0.39, 0.29) is 0 Å². The van der Waals surface area contributed by atoms with Crippen LogP contribution in [0, 0.1) is 0 Å². The molecule has 14 heavy (non-hydrogen) atoms. The lowest BCUT2D eigenvalue weighted by Crippen LogP contribution is -1.96. The first kappa shape index (κ1) is 11.2. The van der Waals surface area contributed by atoms with Gasteiger partial charge in [0.15, 0.2) is 9.84 Å². The molecule has 0 fully saturated rings. The summed E-state index contributed by atoms with van der Waals surface area (Å²) >= 11 is 0. The molecule has 0 aliphatic carbocycles.